The highest BCUT2D eigenvalue weighted by Gasteiger charge is 2.38. The molecule has 1 unspecified atom stereocenters. The van der Waals surface area contributed by atoms with Gasteiger partial charge in [0.25, 0.3) is 5.91 Å². The summed E-state index contributed by atoms with van der Waals surface area (Å²) in [6, 6.07) is 16.0. The van der Waals surface area contributed by atoms with E-state index >= 15 is 0 Å². The highest BCUT2D eigenvalue weighted by Crippen LogP contribution is 2.37. The smallest absolute Gasteiger partial charge is 0.412 e. The van der Waals surface area contributed by atoms with Gasteiger partial charge in [-0.3, -0.25) is 15.0 Å². The lowest BCUT2D eigenvalue weighted by atomic mass is 9.78. The van der Waals surface area contributed by atoms with E-state index in [0.29, 0.717) is 33.7 Å². The van der Waals surface area contributed by atoms with Crippen molar-refractivity contribution < 1.29 is 14.3 Å². The molecule has 2 aliphatic heterocycles. The second-order valence-electron chi connectivity index (χ2n) is 9.52. The molecule has 3 N–H and O–H groups in total. The van der Waals surface area contributed by atoms with E-state index in [2.05, 4.69) is 15.2 Å². The van der Waals surface area contributed by atoms with E-state index in [1.54, 1.807) is 54.6 Å². The summed E-state index contributed by atoms with van der Waals surface area (Å²) in [5.41, 5.74) is 8.59. The number of hydrogen-bond acceptors (Lipinski definition) is 5. The molecule has 4 aliphatic rings. The van der Waals surface area contributed by atoms with Crippen molar-refractivity contribution in [3.8, 4) is 0 Å². The van der Waals surface area contributed by atoms with Gasteiger partial charge < -0.3 is 10.5 Å². The average Bonchev–Trinajstić information content (AvgIpc) is 2.90. The zero-order chi connectivity index (χ0) is 25.1. The van der Waals surface area contributed by atoms with Crippen LogP contribution >= 0.6 is 11.6 Å². The topological polar surface area (TPSA) is 97.0 Å². The quantitative estimate of drug-likeness (QED) is 0.579. The van der Waals surface area contributed by atoms with Crippen molar-refractivity contribution in [2.45, 2.75) is 43.9 Å². The molecule has 8 heteroatoms. The molecule has 3 fully saturated rings. The average molecular weight is 505 g/mol. The molecule has 0 aromatic heterocycles. The highest BCUT2D eigenvalue weighted by molar-refractivity contribution is 6.30. The highest BCUT2D eigenvalue weighted by atomic mass is 35.5. The van der Waals surface area contributed by atoms with E-state index in [9.17, 15) is 9.59 Å². The molecule has 6 rings (SSSR count). The molecule has 186 valence electrons. The Balaban J connectivity index is 1.31. The van der Waals surface area contributed by atoms with Gasteiger partial charge in [0.15, 0.2) is 0 Å². The number of benzene rings is 2. The molecule has 2 aliphatic carbocycles. The summed E-state index contributed by atoms with van der Waals surface area (Å²) in [4.78, 5) is 32.5. The van der Waals surface area contributed by atoms with Crippen molar-refractivity contribution in [3.05, 3.63) is 89.1 Å². The van der Waals surface area contributed by atoms with E-state index < -0.39 is 18.1 Å². The molecule has 7 nitrogen and oxygen atoms in total. The van der Waals surface area contributed by atoms with Crippen LogP contribution in [0.4, 0.5) is 10.5 Å². The van der Waals surface area contributed by atoms with Gasteiger partial charge in [0.05, 0.1) is 11.8 Å². The number of halogens is 1. The molecule has 2 amide bonds. The van der Waals surface area contributed by atoms with Crippen LogP contribution in [0.15, 0.2) is 83.5 Å². The first kappa shape index (κ1) is 24.3. The molecular weight excluding hydrogens is 476 g/mol. The molecule has 2 aromatic carbocycles. The Bertz CT molecular complexity index is 1200. The first-order valence-corrected chi connectivity index (χ1v) is 12.7. The summed E-state index contributed by atoms with van der Waals surface area (Å²) in [5, 5.41) is 3.16. The van der Waals surface area contributed by atoms with Gasteiger partial charge in [-0.05, 0) is 68.0 Å². The first-order valence-electron chi connectivity index (χ1n) is 12.3. The van der Waals surface area contributed by atoms with E-state index in [1.807, 2.05) is 18.2 Å². The molecule has 0 radical (unpaired) electrons. The molecule has 1 saturated carbocycles. The number of aliphatic imine (C=N–C) groups is 1. The lowest BCUT2D eigenvalue weighted by Gasteiger charge is -2.48. The number of nitrogens with two attached hydrogens (primary N) is 1. The minimum Gasteiger partial charge on any atom is -0.431 e. The van der Waals surface area contributed by atoms with Crippen molar-refractivity contribution in [1.29, 1.82) is 0 Å². The fourth-order valence-corrected chi connectivity index (χ4v) is 5.41. The van der Waals surface area contributed by atoms with Crippen LogP contribution in [-0.4, -0.2) is 41.2 Å². The fraction of sp³-hybridized carbons (Fsp3) is 0.321. The predicted molar refractivity (Wildman–Crippen MR) is 141 cm³/mol. The summed E-state index contributed by atoms with van der Waals surface area (Å²) in [7, 11) is 0. The number of fused-ring (bicyclic) bond motifs is 3. The third kappa shape index (κ3) is 5.53. The van der Waals surface area contributed by atoms with Gasteiger partial charge in [-0.2, -0.15) is 0 Å². The predicted octanol–water partition coefficient (Wildman–Crippen LogP) is 5.25. The SMILES string of the molecule is NC1=CC(=NC(=O)[C@H](OC(=O)Nc2ccc(Cl)cc2)c2ccccc2)C=CC1N1CC2CCC1CC2. The number of nitrogens with one attached hydrogen (secondary N) is 1. The zero-order valence-electron chi connectivity index (χ0n) is 19.8. The summed E-state index contributed by atoms with van der Waals surface area (Å²) in [6.45, 7) is 1.06. The van der Waals surface area contributed by atoms with Crippen molar-refractivity contribution in [1.82, 2.24) is 4.90 Å². The van der Waals surface area contributed by atoms with Gasteiger partial charge in [0, 0.05) is 34.6 Å². The Morgan fingerprint density at radius 2 is 1.78 bits per heavy atom. The van der Waals surface area contributed by atoms with Crippen LogP contribution in [0.3, 0.4) is 0 Å². The van der Waals surface area contributed by atoms with Gasteiger partial charge in [-0.15, -0.1) is 0 Å². The fourth-order valence-electron chi connectivity index (χ4n) is 5.29. The largest absolute Gasteiger partial charge is 0.431 e. The minimum atomic E-state index is -1.20. The van der Waals surface area contributed by atoms with Crippen LogP contribution in [-0.2, 0) is 9.53 Å². The van der Waals surface area contributed by atoms with Crippen LogP contribution in [0, 0.1) is 5.92 Å². The van der Waals surface area contributed by atoms with Crippen LogP contribution in [0.2, 0.25) is 5.02 Å². The molecule has 2 atom stereocenters. The molecular formula is C28H29ClN4O3. The molecule has 2 bridgehead atoms. The Kier molecular flexibility index (Phi) is 7.20. The summed E-state index contributed by atoms with van der Waals surface area (Å²) in [6.07, 6.45) is 8.67. The second-order valence-corrected chi connectivity index (χ2v) is 9.96. The maximum atomic E-state index is 13.2. The number of nitrogens with zero attached hydrogens (tertiary/aromatic N) is 2. The summed E-state index contributed by atoms with van der Waals surface area (Å²) in [5.74, 6) is 0.155. The number of allylic oxidation sites excluding steroid dienone is 2. The lowest BCUT2D eigenvalue weighted by Crippen LogP contribution is -2.54. The maximum absolute atomic E-state index is 13.2. The number of carbonyl (C=O) groups excluding carboxylic acids is 2. The number of rotatable bonds is 5. The number of ether oxygens (including phenoxy) is 1. The molecule has 2 aromatic rings. The van der Waals surface area contributed by atoms with Crippen LogP contribution in [0.1, 0.15) is 37.4 Å². The minimum absolute atomic E-state index is 0.0264. The second kappa shape index (κ2) is 10.7. The van der Waals surface area contributed by atoms with E-state index in [-0.39, 0.29) is 6.04 Å². The third-order valence-corrected chi connectivity index (χ3v) is 7.35. The van der Waals surface area contributed by atoms with Crippen LogP contribution in [0.25, 0.3) is 0 Å². The molecule has 36 heavy (non-hydrogen) atoms. The number of amides is 2. The van der Waals surface area contributed by atoms with Gasteiger partial charge in [-0.25, -0.2) is 9.79 Å². The first-order chi connectivity index (χ1) is 17.5. The molecule has 2 heterocycles. The Labute approximate surface area is 215 Å². The molecule has 0 spiro atoms. The van der Waals surface area contributed by atoms with Crippen LogP contribution in [0.5, 0.6) is 0 Å². The van der Waals surface area contributed by atoms with Crippen molar-refractivity contribution in [3.63, 3.8) is 0 Å². The van der Waals surface area contributed by atoms with Crippen molar-refractivity contribution in [2.24, 2.45) is 16.6 Å². The van der Waals surface area contributed by atoms with Gasteiger partial charge in [-0.1, -0.05) is 48.0 Å². The number of anilines is 1. The number of hydrogen-bond donors (Lipinski definition) is 2. The molecule has 2 saturated heterocycles. The third-order valence-electron chi connectivity index (χ3n) is 7.10. The Morgan fingerprint density at radius 1 is 1.06 bits per heavy atom. The summed E-state index contributed by atoms with van der Waals surface area (Å²) < 4.78 is 5.53. The Hall–Kier alpha value is -3.42. The number of piperidine rings is 2. The maximum Gasteiger partial charge on any atom is 0.412 e. The summed E-state index contributed by atoms with van der Waals surface area (Å²) >= 11 is 5.90. The van der Waals surface area contributed by atoms with Gasteiger partial charge in [0.2, 0.25) is 6.10 Å². The van der Waals surface area contributed by atoms with E-state index in [0.717, 1.165) is 12.5 Å². The van der Waals surface area contributed by atoms with Crippen molar-refractivity contribution in [2.75, 3.05) is 11.9 Å². The van der Waals surface area contributed by atoms with Crippen molar-refractivity contribution >= 4 is 35.0 Å². The zero-order valence-corrected chi connectivity index (χ0v) is 20.6. The standard InChI is InChI=1S/C28H29ClN4O3/c29-20-8-10-21(11-9-20)32-28(35)36-26(19-4-2-1-3-5-19)27(34)31-22-12-15-25(24(30)16-22)33-17-18-6-13-23(33)14-7-18/h1-5,8-12,15-16,18,23,25-26H,6-7,13-14,17,30H2,(H,32,35)/t18?,23?,25?,26-/m1/s1. The van der Waals surface area contributed by atoms with Crippen LogP contribution < -0.4 is 11.1 Å². The van der Waals surface area contributed by atoms with Gasteiger partial charge >= 0.3 is 6.09 Å². The number of carbonyl (C=O) groups is 2. The van der Waals surface area contributed by atoms with E-state index in [1.165, 1.54) is 25.7 Å². The normalized spacial score (nSPS) is 25.3. The van der Waals surface area contributed by atoms with Gasteiger partial charge in [0.1, 0.15) is 0 Å². The van der Waals surface area contributed by atoms with E-state index in [4.69, 9.17) is 22.1 Å². The monoisotopic (exact) mass is 504 g/mol. The lowest BCUT2D eigenvalue weighted by molar-refractivity contribution is -0.126. The Morgan fingerprint density at radius 3 is 2.42 bits per heavy atom.